The molecule has 1 fully saturated rings. The van der Waals surface area contributed by atoms with Gasteiger partial charge in [-0.05, 0) is 30.2 Å². The van der Waals surface area contributed by atoms with E-state index in [1.54, 1.807) is 6.07 Å². The van der Waals surface area contributed by atoms with Crippen LogP contribution in [0.25, 0.3) is 11.3 Å². The topological polar surface area (TPSA) is 124 Å². The van der Waals surface area contributed by atoms with E-state index in [4.69, 9.17) is 4.74 Å². The number of benzene rings is 2. The van der Waals surface area contributed by atoms with Crippen molar-refractivity contribution < 1.29 is 35.5 Å². The zero-order valence-electron chi connectivity index (χ0n) is 22.1. The van der Waals surface area contributed by atoms with Crippen molar-refractivity contribution in [2.75, 3.05) is 18.4 Å². The zero-order chi connectivity index (χ0) is 30.5. The maximum Gasteiger partial charge on any atom is 0.242 e. The van der Waals surface area contributed by atoms with Crippen LogP contribution in [0.2, 0.25) is 0 Å². The fraction of sp³-hybridized carbons (Fsp3) is 0.250. The van der Waals surface area contributed by atoms with Crippen LogP contribution >= 0.6 is 0 Å². The molecule has 9 nitrogen and oxygen atoms in total. The highest BCUT2D eigenvalue weighted by atomic mass is 32.2. The molecule has 0 bridgehead atoms. The highest BCUT2D eigenvalue weighted by Crippen LogP contribution is 2.37. The van der Waals surface area contributed by atoms with Crippen molar-refractivity contribution in [3.8, 4) is 22.9 Å². The monoisotopic (exact) mass is 619 g/mol. The number of hydrogen-bond donors (Lipinski definition) is 3. The van der Waals surface area contributed by atoms with Crippen LogP contribution in [0.5, 0.6) is 11.6 Å². The minimum absolute atomic E-state index is 0.136. The van der Waals surface area contributed by atoms with Crippen LogP contribution in [0, 0.1) is 23.4 Å². The lowest BCUT2D eigenvalue weighted by atomic mass is 9.96. The molecule has 1 saturated heterocycles. The number of halogens is 5. The molecule has 4 unspecified atom stereocenters. The fourth-order valence-corrected chi connectivity index (χ4v) is 5.22. The summed E-state index contributed by atoms with van der Waals surface area (Å²) in [4.78, 5) is 12.6. The second kappa shape index (κ2) is 13.5. The van der Waals surface area contributed by atoms with Crippen molar-refractivity contribution in [2.24, 2.45) is 5.92 Å². The average molecular weight is 620 g/mol. The second-order valence-corrected chi connectivity index (χ2v) is 10.4. The Kier molecular flexibility index (Phi) is 9.55. The zero-order valence-corrected chi connectivity index (χ0v) is 23.0. The summed E-state index contributed by atoms with van der Waals surface area (Å²) in [7, 11) is 0. The molecule has 0 saturated carbocycles. The molecule has 1 aliphatic rings. The summed E-state index contributed by atoms with van der Waals surface area (Å²) in [6, 6.07) is 10.8. The number of rotatable bonds is 10. The minimum atomic E-state index is -2.94. The first-order valence-electron chi connectivity index (χ1n) is 13.0. The lowest BCUT2D eigenvalue weighted by Gasteiger charge is -2.30. The standard InChI is InChI=1S/C28H25F5N6O3S/c29-19-12-21(23(30)24(31)22(19)25(39-43(40)41)15-5-2-1-3-6-15)42-27-18(7-4-9-35-27)20-8-10-36-28(38-20)37-17-11-16(26(32)33)13-34-14-17/h1-10,12,16-17,25-26,34,39H,11,13-14H2,(H,40,41)(H,36,37,38)/p-1. The SMILES string of the molecule is O=S([O-])NC(c1ccccc1)c1c(F)cc(Oc2ncccc2-c2ccnc(NC3CNCC(C(F)F)C3)n2)c(F)c1F. The highest BCUT2D eigenvalue weighted by molar-refractivity contribution is 7.77. The molecule has 0 spiro atoms. The van der Waals surface area contributed by atoms with Gasteiger partial charge in [-0.25, -0.2) is 37.2 Å². The molecule has 3 heterocycles. The summed E-state index contributed by atoms with van der Waals surface area (Å²) < 4.78 is 103. The molecule has 0 aliphatic carbocycles. The largest absolute Gasteiger partial charge is 0.760 e. The van der Waals surface area contributed by atoms with Crippen molar-refractivity contribution in [3.05, 3.63) is 95.6 Å². The van der Waals surface area contributed by atoms with Crippen LogP contribution in [0.15, 0.2) is 67.0 Å². The quantitative estimate of drug-likeness (QED) is 0.131. The molecular formula is C28H24F5N6O3S-. The van der Waals surface area contributed by atoms with E-state index in [0.717, 1.165) is 0 Å². The third-order valence-corrected chi connectivity index (χ3v) is 7.21. The smallest absolute Gasteiger partial charge is 0.242 e. The predicted molar refractivity (Wildman–Crippen MR) is 146 cm³/mol. The summed E-state index contributed by atoms with van der Waals surface area (Å²) in [6.07, 6.45) is 0.458. The summed E-state index contributed by atoms with van der Waals surface area (Å²) in [6.45, 7) is 0.628. The van der Waals surface area contributed by atoms with Gasteiger partial charge in [-0.1, -0.05) is 30.3 Å². The van der Waals surface area contributed by atoms with Gasteiger partial charge < -0.3 is 19.9 Å². The van der Waals surface area contributed by atoms with Gasteiger partial charge >= 0.3 is 0 Å². The van der Waals surface area contributed by atoms with Gasteiger partial charge in [0, 0.05) is 60.3 Å². The Morgan fingerprint density at radius 2 is 1.79 bits per heavy atom. The van der Waals surface area contributed by atoms with Crippen molar-refractivity contribution in [1.29, 1.82) is 0 Å². The van der Waals surface area contributed by atoms with E-state index < -0.39 is 58.4 Å². The van der Waals surface area contributed by atoms with Crippen molar-refractivity contribution in [1.82, 2.24) is 25.0 Å². The third kappa shape index (κ3) is 7.13. The summed E-state index contributed by atoms with van der Waals surface area (Å²) in [5, 5.41) is 5.98. The first-order valence-corrected chi connectivity index (χ1v) is 14.1. The summed E-state index contributed by atoms with van der Waals surface area (Å²) >= 11 is -2.94. The molecule has 4 atom stereocenters. The van der Waals surface area contributed by atoms with Crippen molar-refractivity contribution >= 4 is 17.2 Å². The maximum atomic E-state index is 15.4. The maximum absolute atomic E-state index is 15.4. The van der Waals surface area contributed by atoms with Crippen molar-refractivity contribution in [2.45, 2.75) is 24.9 Å². The Morgan fingerprint density at radius 1 is 1.00 bits per heavy atom. The van der Waals surface area contributed by atoms with Gasteiger partial charge in [0.15, 0.2) is 11.6 Å². The number of pyridine rings is 1. The van der Waals surface area contributed by atoms with E-state index in [1.165, 1.54) is 54.9 Å². The number of nitrogens with one attached hydrogen (secondary N) is 3. The normalized spacial score (nSPS) is 18.3. The summed E-state index contributed by atoms with van der Waals surface area (Å²) in [5.41, 5.74) is -0.222. The molecule has 43 heavy (non-hydrogen) atoms. The lowest BCUT2D eigenvalue weighted by Crippen LogP contribution is -2.45. The molecule has 2 aromatic carbocycles. The van der Waals surface area contributed by atoms with Crippen LogP contribution in [0.1, 0.15) is 23.6 Å². The molecule has 4 aromatic rings. The second-order valence-electron chi connectivity index (χ2n) is 9.65. The van der Waals surface area contributed by atoms with Gasteiger partial charge in [0.25, 0.3) is 0 Å². The van der Waals surface area contributed by atoms with Gasteiger partial charge in [-0.3, -0.25) is 4.21 Å². The van der Waals surface area contributed by atoms with E-state index in [0.29, 0.717) is 12.6 Å². The molecule has 0 radical (unpaired) electrons. The number of aromatic nitrogens is 3. The number of ether oxygens (including phenoxy) is 1. The number of piperidine rings is 1. The molecule has 3 N–H and O–H groups in total. The van der Waals surface area contributed by atoms with E-state index in [-0.39, 0.29) is 47.7 Å². The fourth-order valence-electron chi connectivity index (χ4n) is 4.77. The Hall–Kier alpha value is -4.05. The Labute approximate surface area is 245 Å². The third-order valence-electron chi connectivity index (χ3n) is 6.78. The number of anilines is 1. The van der Waals surface area contributed by atoms with Crippen LogP contribution in [0.4, 0.5) is 27.9 Å². The highest BCUT2D eigenvalue weighted by Gasteiger charge is 2.30. The van der Waals surface area contributed by atoms with Gasteiger partial charge in [0.2, 0.25) is 24.1 Å². The van der Waals surface area contributed by atoms with E-state index in [9.17, 15) is 17.5 Å². The molecule has 226 valence electrons. The Bertz CT molecular complexity index is 1600. The molecule has 15 heteroatoms. The molecule has 0 amide bonds. The van der Waals surface area contributed by atoms with Gasteiger partial charge in [0.1, 0.15) is 5.82 Å². The van der Waals surface area contributed by atoms with Crippen molar-refractivity contribution in [3.63, 3.8) is 0 Å². The van der Waals surface area contributed by atoms with Gasteiger partial charge in [0.05, 0.1) is 17.3 Å². The van der Waals surface area contributed by atoms with Crippen LogP contribution in [-0.2, 0) is 11.3 Å². The number of nitrogens with zero attached hydrogens (tertiary/aromatic N) is 3. The minimum Gasteiger partial charge on any atom is -0.760 e. The van der Waals surface area contributed by atoms with E-state index >= 15 is 13.2 Å². The first-order chi connectivity index (χ1) is 20.7. The Morgan fingerprint density at radius 3 is 2.53 bits per heavy atom. The number of hydrogen-bond acceptors (Lipinski definition) is 8. The van der Waals surface area contributed by atoms with Crippen LogP contribution in [-0.4, -0.2) is 49.3 Å². The molecule has 2 aromatic heterocycles. The van der Waals surface area contributed by atoms with Crippen LogP contribution < -0.4 is 20.1 Å². The average Bonchev–Trinajstić information content (AvgIpc) is 3.00. The molecule has 5 rings (SSSR count). The van der Waals surface area contributed by atoms with Gasteiger partial charge in [-0.2, -0.15) is 4.39 Å². The van der Waals surface area contributed by atoms with E-state index in [1.807, 2.05) is 4.72 Å². The number of alkyl halides is 2. The van der Waals surface area contributed by atoms with Crippen LogP contribution in [0.3, 0.4) is 0 Å². The van der Waals surface area contributed by atoms with E-state index in [2.05, 4.69) is 25.6 Å². The lowest BCUT2D eigenvalue weighted by molar-refractivity contribution is 0.0606. The Balaban J connectivity index is 1.43. The molecular weight excluding hydrogens is 595 g/mol. The summed E-state index contributed by atoms with van der Waals surface area (Å²) in [5.74, 6) is -6.27. The first kappa shape index (κ1) is 30.4. The van der Waals surface area contributed by atoms with Gasteiger partial charge in [-0.15, -0.1) is 0 Å². The molecule has 1 aliphatic heterocycles. The predicted octanol–water partition coefficient (Wildman–Crippen LogP) is 4.88.